The van der Waals surface area contributed by atoms with Crippen LogP contribution >= 0.6 is 11.3 Å². The van der Waals surface area contributed by atoms with Crippen molar-refractivity contribution in [3.8, 4) is 11.6 Å². The van der Waals surface area contributed by atoms with Gasteiger partial charge in [-0.15, -0.1) is 11.3 Å². The number of ether oxygens (including phenoxy) is 1. The zero-order chi connectivity index (χ0) is 15.0. The first-order chi connectivity index (χ1) is 10.0. The fraction of sp³-hybridized carbons (Fsp3) is 0.267. The van der Waals surface area contributed by atoms with Crippen LogP contribution in [-0.2, 0) is 6.42 Å². The molecule has 0 aliphatic rings. The van der Waals surface area contributed by atoms with E-state index < -0.39 is 0 Å². The van der Waals surface area contributed by atoms with Gasteiger partial charge in [-0.1, -0.05) is 0 Å². The van der Waals surface area contributed by atoms with Crippen LogP contribution in [0.25, 0.3) is 4.96 Å². The molecule has 2 heterocycles. The molecule has 1 unspecified atom stereocenters. The van der Waals surface area contributed by atoms with Gasteiger partial charge in [0, 0.05) is 24.0 Å². The molecule has 0 radical (unpaired) electrons. The number of rotatable bonds is 4. The molecular formula is C15H16FN3OS. The molecule has 21 heavy (non-hydrogen) atoms. The maximum absolute atomic E-state index is 13.3. The first-order valence-electron chi connectivity index (χ1n) is 6.68. The monoisotopic (exact) mass is 305 g/mol. The van der Waals surface area contributed by atoms with E-state index >= 15 is 0 Å². The van der Waals surface area contributed by atoms with Gasteiger partial charge in [0.1, 0.15) is 11.6 Å². The third-order valence-electron chi connectivity index (χ3n) is 3.18. The van der Waals surface area contributed by atoms with Gasteiger partial charge in [-0.3, -0.25) is 4.40 Å². The Morgan fingerprint density at radius 2 is 2.29 bits per heavy atom. The Hall–Kier alpha value is -1.92. The second kappa shape index (κ2) is 5.46. The number of benzene rings is 1. The highest BCUT2D eigenvalue weighted by Crippen LogP contribution is 2.29. The maximum Gasteiger partial charge on any atom is 0.242 e. The van der Waals surface area contributed by atoms with Crippen molar-refractivity contribution in [2.45, 2.75) is 26.3 Å². The number of aromatic nitrogens is 2. The molecule has 4 nitrogen and oxygen atoms in total. The molecule has 0 saturated carbocycles. The molecule has 1 aromatic carbocycles. The van der Waals surface area contributed by atoms with Crippen LogP contribution in [0.4, 0.5) is 4.39 Å². The predicted molar refractivity (Wildman–Crippen MR) is 81.6 cm³/mol. The van der Waals surface area contributed by atoms with E-state index in [0.29, 0.717) is 23.6 Å². The zero-order valence-corrected chi connectivity index (χ0v) is 12.7. The summed E-state index contributed by atoms with van der Waals surface area (Å²) in [7, 11) is 0. The first kappa shape index (κ1) is 14.0. The topological polar surface area (TPSA) is 52.5 Å². The van der Waals surface area contributed by atoms with Crippen LogP contribution in [0.5, 0.6) is 11.6 Å². The Morgan fingerprint density at radius 1 is 1.48 bits per heavy atom. The summed E-state index contributed by atoms with van der Waals surface area (Å²) in [5.74, 6) is 0.861. The van der Waals surface area contributed by atoms with Crippen LogP contribution in [-0.4, -0.2) is 15.4 Å². The summed E-state index contributed by atoms with van der Waals surface area (Å²) >= 11 is 1.54. The summed E-state index contributed by atoms with van der Waals surface area (Å²) < 4.78 is 21.1. The first-order valence-corrected chi connectivity index (χ1v) is 7.56. The molecule has 3 aromatic rings. The normalized spacial score (nSPS) is 12.8. The van der Waals surface area contributed by atoms with Crippen LogP contribution in [0.1, 0.15) is 18.2 Å². The molecular weight excluding hydrogens is 289 g/mol. The molecule has 0 amide bonds. The van der Waals surface area contributed by atoms with Gasteiger partial charge in [-0.25, -0.2) is 4.39 Å². The highest BCUT2D eigenvalue weighted by molar-refractivity contribution is 7.15. The van der Waals surface area contributed by atoms with Crippen molar-refractivity contribution >= 4 is 16.3 Å². The Kier molecular flexibility index (Phi) is 3.65. The summed E-state index contributed by atoms with van der Waals surface area (Å²) in [6.45, 7) is 3.65. The molecule has 6 heteroatoms. The van der Waals surface area contributed by atoms with E-state index in [1.807, 2.05) is 22.9 Å². The van der Waals surface area contributed by atoms with Crippen molar-refractivity contribution < 1.29 is 9.13 Å². The largest absolute Gasteiger partial charge is 0.437 e. The van der Waals surface area contributed by atoms with Gasteiger partial charge in [0.2, 0.25) is 5.88 Å². The molecule has 2 N–H and O–H groups in total. The van der Waals surface area contributed by atoms with Crippen LogP contribution < -0.4 is 10.5 Å². The van der Waals surface area contributed by atoms with Gasteiger partial charge < -0.3 is 10.5 Å². The number of aryl methyl sites for hydroxylation is 1. The summed E-state index contributed by atoms with van der Waals surface area (Å²) in [4.78, 5) is 5.34. The van der Waals surface area contributed by atoms with E-state index in [4.69, 9.17) is 10.5 Å². The number of nitrogens with two attached hydrogens (primary N) is 1. The van der Waals surface area contributed by atoms with Crippen molar-refractivity contribution in [2.24, 2.45) is 5.73 Å². The summed E-state index contributed by atoms with van der Waals surface area (Å²) in [6.07, 6.45) is 2.61. The zero-order valence-electron chi connectivity index (χ0n) is 11.8. The molecule has 0 spiro atoms. The summed E-state index contributed by atoms with van der Waals surface area (Å²) in [5.41, 5.74) is 7.38. The average molecular weight is 305 g/mol. The Bertz CT molecular complexity index is 778. The quantitative estimate of drug-likeness (QED) is 0.802. The third-order valence-corrected chi connectivity index (χ3v) is 3.94. The number of hydrogen-bond donors (Lipinski definition) is 1. The number of fused-ring (bicyclic) bond motifs is 1. The van der Waals surface area contributed by atoms with E-state index in [1.54, 1.807) is 19.1 Å². The standard InChI is InChI=1S/C15H16FN3OS/c1-9-7-11(3-4-12(9)16)20-14-13(8-10(2)17)19-5-6-21-15(19)18-14/h3-7,10H,8,17H2,1-2H3. The summed E-state index contributed by atoms with van der Waals surface area (Å²) in [5, 5.41) is 1.97. The molecule has 0 aliphatic heterocycles. The van der Waals surface area contributed by atoms with Gasteiger partial charge >= 0.3 is 0 Å². The van der Waals surface area contributed by atoms with Crippen LogP contribution in [0.2, 0.25) is 0 Å². The van der Waals surface area contributed by atoms with Crippen molar-refractivity contribution in [3.05, 3.63) is 46.9 Å². The fourth-order valence-electron chi connectivity index (χ4n) is 2.18. The SMILES string of the molecule is Cc1cc(Oc2nc3sccn3c2CC(C)N)ccc1F. The highest BCUT2D eigenvalue weighted by atomic mass is 32.1. The number of thiazole rings is 1. The molecule has 1 atom stereocenters. The lowest BCUT2D eigenvalue weighted by molar-refractivity contribution is 0.454. The number of halogens is 1. The van der Waals surface area contributed by atoms with E-state index in [1.165, 1.54) is 17.4 Å². The minimum Gasteiger partial charge on any atom is -0.437 e. The molecule has 0 aliphatic carbocycles. The number of imidazole rings is 1. The second-order valence-corrected chi connectivity index (χ2v) is 5.99. The van der Waals surface area contributed by atoms with E-state index in [2.05, 4.69) is 4.98 Å². The Labute approximate surface area is 126 Å². The van der Waals surface area contributed by atoms with E-state index in [9.17, 15) is 4.39 Å². The smallest absolute Gasteiger partial charge is 0.242 e. The maximum atomic E-state index is 13.3. The third kappa shape index (κ3) is 2.77. The fourth-order valence-corrected chi connectivity index (χ4v) is 2.90. The minimum atomic E-state index is -0.246. The van der Waals surface area contributed by atoms with Gasteiger partial charge in [0.25, 0.3) is 0 Å². The minimum absolute atomic E-state index is 0.00195. The highest BCUT2D eigenvalue weighted by Gasteiger charge is 2.16. The van der Waals surface area contributed by atoms with E-state index in [0.717, 1.165) is 10.7 Å². The molecule has 110 valence electrons. The van der Waals surface area contributed by atoms with E-state index in [-0.39, 0.29) is 11.9 Å². The molecule has 2 aromatic heterocycles. The van der Waals surface area contributed by atoms with Crippen LogP contribution in [0.15, 0.2) is 29.8 Å². The van der Waals surface area contributed by atoms with Gasteiger partial charge in [-0.2, -0.15) is 4.98 Å². The lowest BCUT2D eigenvalue weighted by Crippen LogP contribution is -2.19. The van der Waals surface area contributed by atoms with Crippen molar-refractivity contribution in [1.29, 1.82) is 0 Å². The van der Waals surface area contributed by atoms with Gasteiger partial charge in [0.05, 0.1) is 5.69 Å². The van der Waals surface area contributed by atoms with Gasteiger partial charge in [-0.05, 0) is 37.6 Å². The number of nitrogens with zero attached hydrogens (tertiary/aromatic N) is 2. The second-order valence-electron chi connectivity index (χ2n) is 5.11. The Morgan fingerprint density at radius 3 is 3.00 bits per heavy atom. The van der Waals surface area contributed by atoms with Crippen molar-refractivity contribution in [2.75, 3.05) is 0 Å². The number of hydrogen-bond acceptors (Lipinski definition) is 4. The van der Waals surface area contributed by atoms with Crippen LogP contribution in [0.3, 0.4) is 0 Å². The predicted octanol–water partition coefficient (Wildman–Crippen LogP) is 3.53. The lowest BCUT2D eigenvalue weighted by atomic mass is 10.2. The lowest BCUT2D eigenvalue weighted by Gasteiger charge is -2.09. The molecule has 3 rings (SSSR count). The average Bonchev–Trinajstić information content (AvgIpc) is 2.97. The molecule has 0 bridgehead atoms. The Balaban J connectivity index is 1.98. The van der Waals surface area contributed by atoms with Crippen LogP contribution in [0, 0.1) is 12.7 Å². The summed E-state index contributed by atoms with van der Waals surface area (Å²) in [6, 6.07) is 4.67. The van der Waals surface area contributed by atoms with Crippen molar-refractivity contribution in [1.82, 2.24) is 9.38 Å². The van der Waals surface area contributed by atoms with Crippen molar-refractivity contribution in [3.63, 3.8) is 0 Å². The van der Waals surface area contributed by atoms with Gasteiger partial charge in [0.15, 0.2) is 4.96 Å². The molecule has 0 saturated heterocycles. The molecule has 0 fully saturated rings.